The van der Waals surface area contributed by atoms with Crippen LogP contribution in [0.5, 0.6) is 11.5 Å². The van der Waals surface area contributed by atoms with E-state index in [0.717, 1.165) is 12.1 Å². The summed E-state index contributed by atoms with van der Waals surface area (Å²) >= 11 is 3.08. The molecule has 0 aliphatic heterocycles. The number of hydrogen-bond acceptors (Lipinski definition) is 2. The van der Waals surface area contributed by atoms with Crippen molar-refractivity contribution in [3.8, 4) is 11.5 Å². The standard InChI is InChI=1S/C14H10BrF4NO/c15-9-3-10(16)5-12(4-9)21-11-2-1-8(7-20)13(6-11)14(17,18)19/h1-6H,7,20H2. The van der Waals surface area contributed by atoms with E-state index in [9.17, 15) is 17.6 Å². The van der Waals surface area contributed by atoms with Crippen molar-refractivity contribution in [1.82, 2.24) is 0 Å². The van der Waals surface area contributed by atoms with Crippen LogP contribution in [0.1, 0.15) is 11.1 Å². The van der Waals surface area contributed by atoms with Crippen LogP contribution in [0.15, 0.2) is 40.9 Å². The third-order valence-corrected chi connectivity index (χ3v) is 3.14. The highest BCUT2D eigenvalue weighted by atomic mass is 79.9. The number of rotatable bonds is 3. The van der Waals surface area contributed by atoms with Gasteiger partial charge in [0.05, 0.1) is 5.56 Å². The van der Waals surface area contributed by atoms with Gasteiger partial charge in [0, 0.05) is 17.1 Å². The van der Waals surface area contributed by atoms with Gasteiger partial charge in [-0.05, 0) is 29.8 Å². The molecule has 0 bridgehead atoms. The van der Waals surface area contributed by atoms with Gasteiger partial charge in [0.1, 0.15) is 17.3 Å². The van der Waals surface area contributed by atoms with Crippen molar-refractivity contribution in [2.24, 2.45) is 5.73 Å². The summed E-state index contributed by atoms with van der Waals surface area (Å²) in [6.45, 7) is -0.235. The van der Waals surface area contributed by atoms with Gasteiger partial charge < -0.3 is 10.5 Å². The summed E-state index contributed by atoms with van der Waals surface area (Å²) in [5, 5.41) is 0. The number of ether oxygens (including phenoxy) is 1. The molecule has 0 amide bonds. The third kappa shape index (κ3) is 3.95. The second kappa shape index (κ2) is 6.03. The highest BCUT2D eigenvalue weighted by molar-refractivity contribution is 9.10. The summed E-state index contributed by atoms with van der Waals surface area (Å²) in [4.78, 5) is 0. The Bertz CT molecular complexity index is 638. The van der Waals surface area contributed by atoms with Gasteiger partial charge in [-0.15, -0.1) is 0 Å². The van der Waals surface area contributed by atoms with Gasteiger partial charge >= 0.3 is 6.18 Å². The normalized spacial score (nSPS) is 11.5. The molecule has 21 heavy (non-hydrogen) atoms. The second-order valence-corrected chi connectivity index (χ2v) is 5.14. The first-order chi connectivity index (χ1) is 9.79. The van der Waals surface area contributed by atoms with Crippen LogP contribution in [0, 0.1) is 5.82 Å². The quantitative estimate of drug-likeness (QED) is 0.790. The molecule has 0 aromatic heterocycles. The van der Waals surface area contributed by atoms with Crippen molar-refractivity contribution in [3.63, 3.8) is 0 Å². The van der Waals surface area contributed by atoms with Gasteiger partial charge in [-0.1, -0.05) is 22.0 Å². The summed E-state index contributed by atoms with van der Waals surface area (Å²) in [5.74, 6) is -0.512. The van der Waals surface area contributed by atoms with E-state index >= 15 is 0 Å². The molecule has 0 saturated heterocycles. The van der Waals surface area contributed by atoms with Crippen LogP contribution in [0.4, 0.5) is 17.6 Å². The van der Waals surface area contributed by atoms with Gasteiger partial charge in [0.2, 0.25) is 0 Å². The Balaban J connectivity index is 2.37. The van der Waals surface area contributed by atoms with Crippen molar-refractivity contribution in [1.29, 1.82) is 0 Å². The Kier molecular flexibility index (Phi) is 4.53. The minimum atomic E-state index is -4.53. The maximum Gasteiger partial charge on any atom is 0.416 e. The summed E-state index contributed by atoms with van der Waals surface area (Å²) < 4.78 is 57.6. The largest absolute Gasteiger partial charge is 0.457 e. The summed E-state index contributed by atoms with van der Waals surface area (Å²) in [6.07, 6.45) is -4.53. The van der Waals surface area contributed by atoms with E-state index < -0.39 is 17.6 Å². The maximum absolute atomic E-state index is 13.2. The van der Waals surface area contributed by atoms with Crippen LogP contribution in [0.2, 0.25) is 0 Å². The first kappa shape index (κ1) is 15.8. The van der Waals surface area contributed by atoms with E-state index in [4.69, 9.17) is 10.5 Å². The Hall–Kier alpha value is -1.60. The molecule has 0 aliphatic rings. The Labute approximate surface area is 126 Å². The van der Waals surface area contributed by atoms with Gasteiger partial charge in [-0.25, -0.2) is 4.39 Å². The molecule has 0 saturated carbocycles. The smallest absolute Gasteiger partial charge is 0.416 e. The zero-order valence-electron chi connectivity index (χ0n) is 10.5. The van der Waals surface area contributed by atoms with E-state index in [2.05, 4.69) is 15.9 Å². The summed E-state index contributed by atoms with van der Waals surface area (Å²) in [5.41, 5.74) is 4.40. The molecule has 2 aromatic rings. The minimum Gasteiger partial charge on any atom is -0.457 e. The van der Waals surface area contributed by atoms with Crippen LogP contribution in [-0.4, -0.2) is 0 Å². The third-order valence-electron chi connectivity index (χ3n) is 2.68. The molecule has 0 heterocycles. The summed E-state index contributed by atoms with van der Waals surface area (Å²) in [7, 11) is 0. The SMILES string of the molecule is NCc1ccc(Oc2cc(F)cc(Br)c2)cc1C(F)(F)F. The molecular formula is C14H10BrF4NO. The van der Waals surface area contributed by atoms with E-state index in [1.54, 1.807) is 0 Å². The molecule has 0 aliphatic carbocycles. The molecule has 0 radical (unpaired) electrons. The maximum atomic E-state index is 13.2. The van der Waals surface area contributed by atoms with Crippen LogP contribution >= 0.6 is 15.9 Å². The molecule has 0 spiro atoms. The first-order valence-corrected chi connectivity index (χ1v) is 6.63. The molecule has 2 aromatic carbocycles. The highest BCUT2D eigenvalue weighted by Crippen LogP contribution is 2.35. The zero-order valence-corrected chi connectivity index (χ0v) is 12.1. The van der Waals surface area contributed by atoms with Crippen LogP contribution < -0.4 is 10.5 Å². The predicted octanol–water partition coefficient (Wildman–Crippen LogP) is 4.86. The zero-order chi connectivity index (χ0) is 15.6. The fourth-order valence-electron chi connectivity index (χ4n) is 1.78. The second-order valence-electron chi connectivity index (χ2n) is 4.23. The average molecular weight is 364 g/mol. The predicted molar refractivity (Wildman–Crippen MR) is 73.5 cm³/mol. The fourth-order valence-corrected chi connectivity index (χ4v) is 2.23. The minimum absolute atomic E-state index is 0.0322. The van der Waals surface area contributed by atoms with Crippen molar-refractivity contribution in [2.75, 3.05) is 0 Å². The first-order valence-electron chi connectivity index (χ1n) is 5.84. The number of halogens is 5. The average Bonchev–Trinajstić information content (AvgIpc) is 2.36. The van der Waals surface area contributed by atoms with Crippen molar-refractivity contribution >= 4 is 15.9 Å². The highest BCUT2D eigenvalue weighted by Gasteiger charge is 2.33. The number of nitrogens with two attached hydrogens (primary N) is 1. The van der Waals surface area contributed by atoms with E-state index in [1.165, 1.54) is 24.3 Å². The molecule has 2 rings (SSSR count). The van der Waals surface area contributed by atoms with Crippen molar-refractivity contribution in [2.45, 2.75) is 12.7 Å². The van der Waals surface area contributed by atoms with Crippen molar-refractivity contribution < 1.29 is 22.3 Å². The molecule has 7 heteroatoms. The van der Waals surface area contributed by atoms with Crippen LogP contribution in [0.3, 0.4) is 0 Å². The topological polar surface area (TPSA) is 35.2 Å². The van der Waals surface area contributed by atoms with Gasteiger partial charge in [-0.2, -0.15) is 13.2 Å². The van der Waals surface area contributed by atoms with Crippen LogP contribution in [0.25, 0.3) is 0 Å². The molecule has 112 valence electrons. The van der Waals surface area contributed by atoms with E-state index in [0.29, 0.717) is 4.47 Å². The molecule has 2 nitrogen and oxygen atoms in total. The van der Waals surface area contributed by atoms with Crippen molar-refractivity contribution in [3.05, 3.63) is 57.8 Å². The van der Waals surface area contributed by atoms with Gasteiger partial charge in [0.25, 0.3) is 0 Å². The van der Waals surface area contributed by atoms with E-state index in [-0.39, 0.29) is 23.6 Å². The Morgan fingerprint density at radius 3 is 2.33 bits per heavy atom. The van der Waals surface area contributed by atoms with Gasteiger partial charge in [0.15, 0.2) is 0 Å². The molecule has 2 N–H and O–H groups in total. The molecule has 0 unspecified atom stereocenters. The molecule has 0 fully saturated rings. The molecule has 0 atom stereocenters. The van der Waals surface area contributed by atoms with Gasteiger partial charge in [-0.3, -0.25) is 0 Å². The Morgan fingerprint density at radius 2 is 1.76 bits per heavy atom. The Morgan fingerprint density at radius 1 is 1.05 bits per heavy atom. The number of hydrogen-bond donors (Lipinski definition) is 1. The monoisotopic (exact) mass is 363 g/mol. The lowest BCUT2D eigenvalue weighted by Gasteiger charge is -2.14. The lowest BCUT2D eigenvalue weighted by molar-refractivity contribution is -0.138. The lowest BCUT2D eigenvalue weighted by atomic mass is 10.1. The number of benzene rings is 2. The fraction of sp³-hybridized carbons (Fsp3) is 0.143. The number of alkyl halides is 3. The van der Waals surface area contributed by atoms with E-state index in [1.807, 2.05) is 0 Å². The van der Waals surface area contributed by atoms with Crippen LogP contribution in [-0.2, 0) is 12.7 Å². The summed E-state index contributed by atoms with van der Waals surface area (Å²) in [6, 6.07) is 7.19. The molecular weight excluding hydrogens is 354 g/mol. The lowest BCUT2D eigenvalue weighted by Crippen LogP contribution is -2.12.